The summed E-state index contributed by atoms with van der Waals surface area (Å²) in [6, 6.07) is 6.78. The van der Waals surface area contributed by atoms with Crippen LogP contribution >= 0.6 is 0 Å². The number of benzene rings is 1. The lowest BCUT2D eigenvalue weighted by Gasteiger charge is -2.24. The van der Waals surface area contributed by atoms with Crippen LogP contribution in [0.5, 0.6) is 0 Å². The van der Waals surface area contributed by atoms with Gasteiger partial charge in [0.2, 0.25) is 23.6 Å². The topological polar surface area (TPSA) is 137 Å². The minimum Gasteiger partial charge on any atom is -0.355 e. The van der Waals surface area contributed by atoms with Gasteiger partial charge in [0.05, 0.1) is 0 Å². The third-order valence-electron chi connectivity index (χ3n) is 5.32. The fourth-order valence-corrected chi connectivity index (χ4v) is 3.29. The van der Waals surface area contributed by atoms with E-state index in [1.807, 2.05) is 41.5 Å². The molecule has 0 spiro atoms. The first-order valence-corrected chi connectivity index (χ1v) is 12.6. The Bertz CT molecular complexity index is 840. The average Bonchev–Trinajstić information content (AvgIpc) is 2.78. The second-order valence-corrected chi connectivity index (χ2v) is 11.6. The van der Waals surface area contributed by atoms with Gasteiger partial charge in [0, 0.05) is 31.6 Å². The lowest BCUT2D eigenvalue weighted by molar-refractivity contribution is -0.132. The third-order valence-corrected chi connectivity index (χ3v) is 5.32. The lowest BCUT2D eigenvalue weighted by atomic mass is 9.93. The van der Waals surface area contributed by atoms with Crippen LogP contribution in [-0.2, 0) is 19.2 Å². The van der Waals surface area contributed by atoms with Crippen molar-refractivity contribution in [2.45, 2.75) is 86.0 Å². The Labute approximate surface area is 215 Å². The van der Waals surface area contributed by atoms with Crippen molar-refractivity contribution in [1.82, 2.24) is 16.1 Å². The molecule has 36 heavy (non-hydrogen) atoms. The number of hydrogen-bond donors (Lipinski definition) is 5. The van der Waals surface area contributed by atoms with Crippen LogP contribution in [0.3, 0.4) is 0 Å². The van der Waals surface area contributed by atoms with Crippen molar-refractivity contribution in [1.29, 1.82) is 0 Å². The first kappa shape index (κ1) is 31.1. The summed E-state index contributed by atoms with van der Waals surface area (Å²) in [5, 5.41) is 17.1. The van der Waals surface area contributed by atoms with Gasteiger partial charge in [0.15, 0.2) is 0 Å². The maximum absolute atomic E-state index is 13.0. The van der Waals surface area contributed by atoms with E-state index in [2.05, 4.69) is 16.0 Å². The van der Waals surface area contributed by atoms with Gasteiger partial charge in [0.1, 0.15) is 5.92 Å². The molecule has 0 fully saturated rings. The summed E-state index contributed by atoms with van der Waals surface area (Å²) >= 11 is 0. The lowest BCUT2D eigenvalue weighted by Crippen LogP contribution is -2.44. The number of anilines is 1. The van der Waals surface area contributed by atoms with Gasteiger partial charge in [-0.05, 0) is 41.4 Å². The number of carbonyl (C=O) groups is 4. The average molecular weight is 505 g/mol. The van der Waals surface area contributed by atoms with Crippen LogP contribution < -0.4 is 21.4 Å². The van der Waals surface area contributed by atoms with Crippen LogP contribution in [0, 0.1) is 10.8 Å². The molecule has 1 aromatic carbocycles. The summed E-state index contributed by atoms with van der Waals surface area (Å²) in [5.41, 5.74) is 2.50. The minimum atomic E-state index is -0.993. The van der Waals surface area contributed by atoms with Gasteiger partial charge in [-0.15, -0.1) is 0 Å². The Morgan fingerprint density at radius 3 is 1.58 bits per heavy atom. The highest BCUT2D eigenvalue weighted by Gasteiger charge is 2.30. The standard InChI is InChI=1S/C27H44N4O5/c1-26(2,3)17-28-24(34)23(25(35)29-18-27(4,5)6)19-13-15-20(16-14-19)30-21(32)11-9-7-8-10-12-22(33)31-36/h13-16,23,36H,7-12,17-18H2,1-6H3,(H,28,34)(H,29,35)(H,30,32)(H,31,33). The van der Waals surface area contributed by atoms with Crippen LogP contribution in [0.2, 0.25) is 0 Å². The van der Waals surface area contributed by atoms with E-state index >= 15 is 0 Å². The molecule has 0 saturated carbocycles. The maximum atomic E-state index is 13.0. The Balaban J connectivity index is 2.73. The largest absolute Gasteiger partial charge is 0.355 e. The summed E-state index contributed by atoms with van der Waals surface area (Å²) in [5.74, 6) is -2.24. The molecule has 0 heterocycles. The molecule has 0 unspecified atom stereocenters. The van der Waals surface area contributed by atoms with E-state index in [0.717, 1.165) is 12.8 Å². The van der Waals surface area contributed by atoms with E-state index in [1.54, 1.807) is 29.7 Å². The zero-order valence-corrected chi connectivity index (χ0v) is 22.6. The fourth-order valence-electron chi connectivity index (χ4n) is 3.29. The highest BCUT2D eigenvalue weighted by atomic mass is 16.5. The van der Waals surface area contributed by atoms with E-state index in [9.17, 15) is 19.2 Å². The molecule has 0 saturated heterocycles. The number of carbonyl (C=O) groups excluding carboxylic acids is 4. The number of hydrogen-bond acceptors (Lipinski definition) is 5. The van der Waals surface area contributed by atoms with E-state index in [0.29, 0.717) is 43.6 Å². The molecule has 9 nitrogen and oxygen atoms in total. The zero-order chi connectivity index (χ0) is 27.4. The van der Waals surface area contributed by atoms with Gasteiger partial charge in [-0.2, -0.15) is 0 Å². The van der Waals surface area contributed by atoms with Crippen LogP contribution in [0.25, 0.3) is 0 Å². The van der Waals surface area contributed by atoms with Crippen molar-refractivity contribution in [3.05, 3.63) is 29.8 Å². The van der Waals surface area contributed by atoms with Crippen LogP contribution in [0.4, 0.5) is 5.69 Å². The van der Waals surface area contributed by atoms with Gasteiger partial charge < -0.3 is 16.0 Å². The Hall–Kier alpha value is -2.94. The van der Waals surface area contributed by atoms with Crippen LogP contribution in [-0.4, -0.2) is 41.9 Å². The molecule has 4 amide bonds. The quantitative estimate of drug-likeness (QED) is 0.120. The van der Waals surface area contributed by atoms with Crippen LogP contribution in [0.1, 0.15) is 91.5 Å². The third kappa shape index (κ3) is 13.2. The highest BCUT2D eigenvalue weighted by Crippen LogP contribution is 2.22. The molecule has 0 aliphatic rings. The molecule has 0 radical (unpaired) electrons. The normalized spacial score (nSPS) is 11.7. The molecule has 0 aliphatic heterocycles. The SMILES string of the molecule is CC(C)(C)CNC(=O)C(C(=O)NCC(C)(C)C)c1ccc(NC(=O)CCCCCCC(=O)NO)cc1. The molecule has 1 rings (SSSR count). The van der Waals surface area contributed by atoms with Crippen molar-refractivity contribution in [3.63, 3.8) is 0 Å². The van der Waals surface area contributed by atoms with Crippen molar-refractivity contribution in [2.24, 2.45) is 10.8 Å². The smallest absolute Gasteiger partial charge is 0.243 e. The molecule has 5 N–H and O–H groups in total. The Morgan fingerprint density at radius 1 is 0.722 bits per heavy atom. The van der Waals surface area contributed by atoms with E-state index in [4.69, 9.17) is 5.21 Å². The van der Waals surface area contributed by atoms with E-state index in [-0.39, 0.29) is 35.0 Å². The number of hydroxylamine groups is 1. The maximum Gasteiger partial charge on any atom is 0.243 e. The number of unbranched alkanes of at least 4 members (excludes halogenated alkanes) is 3. The molecule has 1 aromatic rings. The van der Waals surface area contributed by atoms with Crippen molar-refractivity contribution in [3.8, 4) is 0 Å². The van der Waals surface area contributed by atoms with Gasteiger partial charge in [0.25, 0.3) is 0 Å². The Morgan fingerprint density at radius 2 is 1.17 bits per heavy atom. The Kier molecular flexibility index (Phi) is 12.6. The molecule has 0 bridgehead atoms. The van der Waals surface area contributed by atoms with Gasteiger partial charge in [-0.1, -0.05) is 66.5 Å². The second kappa shape index (κ2) is 14.6. The molecular weight excluding hydrogens is 460 g/mol. The van der Waals surface area contributed by atoms with Crippen molar-refractivity contribution >= 4 is 29.3 Å². The second-order valence-electron chi connectivity index (χ2n) is 11.6. The first-order chi connectivity index (χ1) is 16.7. The first-order valence-electron chi connectivity index (χ1n) is 12.6. The van der Waals surface area contributed by atoms with Crippen molar-refractivity contribution < 1.29 is 24.4 Å². The zero-order valence-electron chi connectivity index (χ0n) is 22.6. The molecule has 9 heteroatoms. The summed E-state index contributed by atoms with van der Waals surface area (Å²) in [6.45, 7) is 12.9. The summed E-state index contributed by atoms with van der Waals surface area (Å²) in [7, 11) is 0. The van der Waals surface area contributed by atoms with Gasteiger partial charge in [-0.25, -0.2) is 5.48 Å². The number of nitrogens with one attached hydrogen (secondary N) is 4. The predicted molar refractivity (Wildman–Crippen MR) is 140 cm³/mol. The van der Waals surface area contributed by atoms with E-state index < -0.39 is 11.8 Å². The molecule has 0 aliphatic carbocycles. The van der Waals surface area contributed by atoms with Crippen molar-refractivity contribution in [2.75, 3.05) is 18.4 Å². The monoisotopic (exact) mass is 504 g/mol. The highest BCUT2D eigenvalue weighted by molar-refractivity contribution is 6.05. The van der Waals surface area contributed by atoms with Crippen LogP contribution in [0.15, 0.2) is 24.3 Å². The molecule has 202 valence electrons. The van der Waals surface area contributed by atoms with E-state index in [1.165, 1.54) is 0 Å². The summed E-state index contributed by atoms with van der Waals surface area (Å²) in [6.07, 6.45) is 3.56. The number of rotatable bonds is 13. The molecule has 0 atom stereocenters. The molecule has 0 aromatic heterocycles. The summed E-state index contributed by atoms with van der Waals surface area (Å²) < 4.78 is 0. The summed E-state index contributed by atoms with van der Waals surface area (Å²) in [4.78, 5) is 49.2. The molecular formula is C27H44N4O5. The van der Waals surface area contributed by atoms with Gasteiger partial charge >= 0.3 is 0 Å². The minimum absolute atomic E-state index is 0.121. The van der Waals surface area contributed by atoms with Gasteiger partial charge in [-0.3, -0.25) is 24.4 Å². The number of amides is 4. The fraction of sp³-hybridized carbons (Fsp3) is 0.630. The predicted octanol–water partition coefficient (Wildman–Crippen LogP) is 3.88.